The van der Waals surface area contributed by atoms with E-state index in [9.17, 15) is 14.9 Å². The number of aromatic nitrogens is 2. The summed E-state index contributed by atoms with van der Waals surface area (Å²) in [7, 11) is 0. The van der Waals surface area contributed by atoms with Gasteiger partial charge in [0, 0.05) is 79.6 Å². The summed E-state index contributed by atoms with van der Waals surface area (Å²) in [5.41, 5.74) is 10.2. The fourth-order valence-electron chi connectivity index (χ4n) is 5.24. The summed E-state index contributed by atoms with van der Waals surface area (Å²) in [5.74, 6) is 0. The number of carbonyl (C=O) groups excluding carboxylic acids is 1. The van der Waals surface area contributed by atoms with E-state index in [1.165, 1.54) is 0 Å². The van der Waals surface area contributed by atoms with E-state index in [1.54, 1.807) is 17.2 Å². The minimum atomic E-state index is -0.812. The van der Waals surface area contributed by atoms with Gasteiger partial charge < -0.3 is 15.5 Å². The zero-order valence-electron chi connectivity index (χ0n) is 21.0. The van der Waals surface area contributed by atoms with Gasteiger partial charge in [-0.05, 0) is 24.6 Å². The number of hydrogen-bond donors (Lipinski definition) is 1. The molecule has 3 aromatic rings. The quantitative estimate of drug-likeness (QED) is 0.314. The Balaban J connectivity index is 1.23. The maximum atomic E-state index is 11.4. The van der Waals surface area contributed by atoms with Crippen molar-refractivity contribution in [2.45, 2.75) is 25.9 Å². The molecule has 0 unspecified atom stereocenters. The van der Waals surface area contributed by atoms with Gasteiger partial charge in [-0.1, -0.05) is 40.2 Å². The van der Waals surface area contributed by atoms with E-state index in [1.807, 2.05) is 36.4 Å². The zero-order valence-corrected chi connectivity index (χ0v) is 22.5. The first kappa shape index (κ1) is 26.1. The summed E-state index contributed by atoms with van der Waals surface area (Å²) in [6, 6.07) is 15.0. The van der Waals surface area contributed by atoms with Crippen molar-refractivity contribution in [2.75, 3.05) is 44.2 Å². The number of nitrogens with two attached hydrogens (primary N) is 1. The van der Waals surface area contributed by atoms with Crippen molar-refractivity contribution in [1.29, 1.82) is 0 Å². The number of anilines is 1. The molecule has 0 atom stereocenters. The molecule has 0 bridgehead atoms. The Morgan fingerprint density at radius 1 is 1.05 bits per heavy atom. The highest BCUT2D eigenvalue weighted by atomic mass is 79.9. The number of aryl methyl sites for hydroxylation is 1. The number of carbonyl (C=O) groups is 1. The number of para-hydroxylation sites is 2. The van der Waals surface area contributed by atoms with Crippen molar-refractivity contribution in [3.8, 4) is 11.3 Å². The average molecular weight is 584 g/mol. The van der Waals surface area contributed by atoms with Crippen molar-refractivity contribution in [2.24, 2.45) is 5.73 Å². The van der Waals surface area contributed by atoms with Gasteiger partial charge in [-0.3, -0.25) is 19.7 Å². The third-order valence-corrected chi connectivity index (χ3v) is 7.60. The zero-order chi connectivity index (χ0) is 26.6. The minimum Gasteiger partial charge on any atom is -0.363 e. The van der Waals surface area contributed by atoms with E-state index in [2.05, 4.69) is 30.4 Å². The fourth-order valence-corrected chi connectivity index (χ4v) is 5.50. The first-order valence-electron chi connectivity index (χ1n) is 12.7. The van der Waals surface area contributed by atoms with Crippen LogP contribution in [0.4, 0.5) is 16.2 Å². The molecule has 38 heavy (non-hydrogen) atoms. The van der Waals surface area contributed by atoms with Gasteiger partial charge in [0.25, 0.3) is 5.69 Å². The van der Waals surface area contributed by atoms with Crippen LogP contribution in [0.15, 0.2) is 53.0 Å². The van der Waals surface area contributed by atoms with Gasteiger partial charge in [0.15, 0.2) is 0 Å². The molecule has 1 fully saturated rings. The van der Waals surface area contributed by atoms with Crippen LogP contribution in [0.2, 0.25) is 0 Å². The van der Waals surface area contributed by atoms with Crippen LogP contribution in [-0.2, 0) is 24.3 Å². The second kappa shape index (κ2) is 11.5. The second-order valence-corrected chi connectivity index (χ2v) is 10.4. The number of nitro groups is 1. The minimum absolute atomic E-state index is 0.158. The summed E-state index contributed by atoms with van der Waals surface area (Å²) in [5, 5.41) is 18.0. The van der Waals surface area contributed by atoms with E-state index < -0.39 is 6.09 Å². The highest BCUT2D eigenvalue weighted by Crippen LogP contribution is 2.32. The summed E-state index contributed by atoms with van der Waals surface area (Å²) >= 11 is 3.49. The number of primary amides is 1. The highest BCUT2D eigenvalue weighted by molar-refractivity contribution is 9.10. The van der Waals surface area contributed by atoms with Crippen LogP contribution in [0.3, 0.4) is 0 Å². The van der Waals surface area contributed by atoms with Crippen molar-refractivity contribution in [3.63, 3.8) is 0 Å². The first-order valence-corrected chi connectivity index (χ1v) is 13.5. The first-order chi connectivity index (χ1) is 18.4. The standard InChI is InChI=1S/C26H30BrN7O4/c27-20-8-6-19(7-9-20)25-21-18-32(38-26(28)35)13-10-22(21)33(29-25)12-3-11-30-14-16-31(17-15-30)23-4-1-2-5-24(23)34(36)37/h1-2,4-9H,3,10-18H2,(H2,28,35). The SMILES string of the molecule is NC(=O)ON1CCc2c(c(-c3ccc(Br)cc3)nn2CCCN2CCN(c3ccccc3[N+](=O)[O-])CC2)C1. The maximum Gasteiger partial charge on any atom is 0.423 e. The van der Waals surface area contributed by atoms with Gasteiger partial charge in [0.05, 0.1) is 17.2 Å². The van der Waals surface area contributed by atoms with Crippen LogP contribution in [0, 0.1) is 10.1 Å². The molecule has 12 heteroatoms. The predicted octanol–water partition coefficient (Wildman–Crippen LogP) is 3.80. The molecule has 2 aliphatic heterocycles. The lowest BCUT2D eigenvalue weighted by Gasteiger charge is -2.35. The second-order valence-electron chi connectivity index (χ2n) is 9.46. The molecule has 1 aromatic heterocycles. The van der Waals surface area contributed by atoms with Crippen LogP contribution in [0.25, 0.3) is 11.3 Å². The summed E-state index contributed by atoms with van der Waals surface area (Å²) in [6.45, 7) is 5.92. The van der Waals surface area contributed by atoms with E-state index in [0.29, 0.717) is 25.2 Å². The number of hydrogen-bond acceptors (Lipinski definition) is 8. The normalized spacial score (nSPS) is 16.3. The van der Waals surface area contributed by atoms with E-state index in [0.717, 1.165) is 72.7 Å². The Morgan fingerprint density at radius 3 is 2.50 bits per heavy atom. The van der Waals surface area contributed by atoms with Crippen molar-refractivity contribution in [3.05, 3.63) is 74.4 Å². The van der Waals surface area contributed by atoms with Crippen LogP contribution in [-0.4, -0.2) is 70.0 Å². The molecule has 5 rings (SSSR count). The number of piperazine rings is 1. The third kappa shape index (κ3) is 5.82. The van der Waals surface area contributed by atoms with Gasteiger partial charge in [-0.25, -0.2) is 4.79 Å². The lowest BCUT2D eigenvalue weighted by Crippen LogP contribution is -2.47. The summed E-state index contributed by atoms with van der Waals surface area (Å²) < 4.78 is 3.09. The number of fused-ring (bicyclic) bond motifs is 1. The molecule has 1 saturated heterocycles. The summed E-state index contributed by atoms with van der Waals surface area (Å²) in [4.78, 5) is 32.1. The van der Waals surface area contributed by atoms with Crippen molar-refractivity contribution in [1.82, 2.24) is 19.7 Å². The van der Waals surface area contributed by atoms with Gasteiger partial charge in [-0.15, -0.1) is 5.06 Å². The number of rotatable bonds is 8. The third-order valence-electron chi connectivity index (χ3n) is 7.07. The number of amides is 1. The van der Waals surface area contributed by atoms with Gasteiger partial charge in [-0.2, -0.15) is 5.10 Å². The van der Waals surface area contributed by atoms with Crippen molar-refractivity contribution < 1.29 is 14.6 Å². The molecule has 3 heterocycles. The van der Waals surface area contributed by atoms with E-state index in [4.69, 9.17) is 15.7 Å². The Morgan fingerprint density at radius 2 is 1.79 bits per heavy atom. The molecule has 0 radical (unpaired) electrons. The van der Waals surface area contributed by atoms with E-state index in [-0.39, 0.29) is 10.6 Å². The molecule has 0 aliphatic carbocycles. The van der Waals surface area contributed by atoms with Crippen LogP contribution in [0.1, 0.15) is 17.7 Å². The van der Waals surface area contributed by atoms with E-state index >= 15 is 0 Å². The van der Waals surface area contributed by atoms with Gasteiger partial charge in [0.2, 0.25) is 0 Å². The fraction of sp³-hybridized carbons (Fsp3) is 0.385. The average Bonchev–Trinajstić information content (AvgIpc) is 3.27. The lowest BCUT2D eigenvalue weighted by atomic mass is 10.0. The summed E-state index contributed by atoms with van der Waals surface area (Å²) in [6.07, 6.45) is 0.828. The van der Waals surface area contributed by atoms with Gasteiger partial charge in [0.1, 0.15) is 5.69 Å². The predicted molar refractivity (Wildman–Crippen MR) is 147 cm³/mol. The number of benzene rings is 2. The Hall–Kier alpha value is -3.48. The molecule has 200 valence electrons. The van der Waals surface area contributed by atoms with Crippen LogP contribution < -0.4 is 10.6 Å². The topological polar surface area (TPSA) is 123 Å². The molecular weight excluding hydrogens is 554 g/mol. The smallest absolute Gasteiger partial charge is 0.363 e. The van der Waals surface area contributed by atoms with Gasteiger partial charge >= 0.3 is 6.09 Å². The van der Waals surface area contributed by atoms with Crippen molar-refractivity contribution >= 4 is 33.4 Å². The Kier molecular flexibility index (Phi) is 7.91. The molecule has 2 N–H and O–H groups in total. The Labute approximate surface area is 229 Å². The molecular formula is C26H30BrN7O4. The highest BCUT2D eigenvalue weighted by Gasteiger charge is 2.28. The largest absolute Gasteiger partial charge is 0.423 e. The molecule has 2 aromatic carbocycles. The number of halogens is 1. The number of hydroxylamine groups is 2. The molecule has 2 aliphatic rings. The monoisotopic (exact) mass is 583 g/mol. The molecule has 0 saturated carbocycles. The number of nitrogens with zero attached hydrogens (tertiary/aromatic N) is 6. The Bertz CT molecular complexity index is 1310. The lowest BCUT2D eigenvalue weighted by molar-refractivity contribution is -0.384. The molecule has 0 spiro atoms. The van der Waals surface area contributed by atoms with Crippen LogP contribution in [0.5, 0.6) is 0 Å². The molecule has 1 amide bonds. The molecule has 11 nitrogen and oxygen atoms in total. The maximum absolute atomic E-state index is 11.4. The van der Waals surface area contributed by atoms with Crippen LogP contribution >= 0.6 is 15.9 Å². The number of nitro benzene ring substituents is 1.